The van der Waals surface area contributed by atoms with E-state index < -0.39 is 0 Å². The summed E-state index contributed by atoms with van der Waals surface area (Å²) in [6.45, 7) is 2.68. The minimum absolute atomic E-state index is 0.0947. The number of aromatic hydroxyl groups is 1. The van der Waals surface area contributed by atoms with Crippen LogP contribution in [0.1, 0.15) is 24.0 Å². The van der Waals surface area contributed by atoms with Crippen molar-refractivity contribution in [2.24, 2.45) is 10.9 Å². The highest BCUT2D eigenvalue weighted by atomic mass is 16.5. The number of nitrogens with one attached hydrogen (secondary N) is 1. The number of rotatable bonds is 2. The fourth-order valence-corrected chi connectivity index (χ4v) is 2.78. The standard InChI is InChI=1S/C15H17N3O2/c16-8-10-1-2-13(19)12(7-10)15-18-9-14(20-15)11-3-5-17-6-4-11/h1-2,7,11,14,17,19H,3-6,9H2. The largest absolute Gasteiger partial charge is 0.507 e. The van der Waals surface area contributed by atoms with E-state index in [4.69, 9.17) is 10.00 Å². The topological polar surface area (TPSA) is 77.6 Å². The van der Waals surface area contributed by atoms with Crippen molar-refractivity contribution in [2.75, 3.05) is 19.6 Å². The monoisotopic (exact) mass is 271 g/mol. The Hall–Kier alpha value is -2.06. The Morgan fingerprint density at radius 3 is 2.90 bits per heavy atom. The fraction of sp³-hybridized carbons (Fsp3) is 0.467. The first-order chi connectivity index (χ1) is 9.78. The molecule has 0 aliphatic carbocycles. The second kappa shape index (κ2) is 5.51. The number of benzene rings is 1. The molecule has 104 valence electrons. The Labute approximate surface area is 117 Å². The van der Waals surface area contributed by atoms with E-state index >= 15 is 0 Å². The number of phenols is 1. The minimum Gasteiger partial charge on any atom is -0.507 e. The third-order valence-corrected chi connectivity index (χ3v) is 3.94. The molecule has 5 heteroatoms. The molecule has 2 heterocycles. The maximum absolute atomic E-state index is 9.91. The van der Waals surface area contributed by atoms with Gasteiger partial charge in [0, 0.05) is 5.92 Å². The van der Waals surface area contributed by atoms with Crippen LogP contribution >= 0.6 is 0 Å². The van der Waals surface area contributed by atoms with Crippen molar-refractivity contribution in [2.45, 2.75) is 18.9 Å². The average Bonchev–Trinajstić information content (AvgIpc) is 2.98. The minimum atomic E-state index is 0.0947. The molecule has 0 spiro atoms. The summed E-state index contributed by atoms with van der Waals surface area (Å²) in [7, 11) is 0. The van der Waals surface area contributed by atoms with Crippen LogP contribution in [0.3, 0.4) is 0 Å². The van der Waals surface area contributed by atoms with E-state index in [1.165, 1.54) is 6.07 Å². The van der Waals surface area contributed by atoms with Crippen molar-refractivity contribution < 1.29 is 9.84 Å². The summed E-state index contributed by atoms with van der Waals surface area (Å²) in [6.07, 6.45) is 2.28. The van der Waals surface area contributed by atoms with Crippen molar-refractivity contribution in [1.82, 2.24) is 5.32 Å². The number of piperidine rings is 1. The van der Waals surface area contributed by atoms with E-state index in [1.807, 2.05) is 0 Å². The zero-order valence-corrected chi connectivity index (χ0v) is 11.2. The van der Waals surface area contributed by atoms with Crippen LogP contribution < -0.4 is 5.32 Å². The van der Waals surface area contributed by atoms with E-state index in [1.54, 1.807) is 12.1 Å². The van der Waals surface area contributed by atoms with Gasteiger partial charge in [0.15, 0.2) is 0 Å². The van der Waals surface area contributed by atoms with Gasteiger partial charge >= 0.3 is 0 Å². The van der Waals surface area contributed by atoms with Crippen LogP contribution in [-0.2, 0) is 4.74 Å². The van der Waals surface area contributed by atoms with Crippen LogP contribution in [0.5, 0.6) is 5.75 Å². The molecule has 0 bridgehead atoms. The maximum Gasteiger partial charge on any atom is 0.220 e. The van der Waals surface area contributed by atoms with Gasteiger partial charge < -0.3 is 15.2 Å². The molecule has 0 saturated carbocycles. The lowest BCUT2D eigenvalue weighted by Crippen LogP contribution is -2.35. The second-order valence-electron chi connectivity index (χ2n) is 5.23. The second-order valence-corrected chi connectivity index (χ2v) is 5.23. The summed E-state index contributed by atoms with van der Waals surface area (Å²) in [4.78, 5) is 4.40. The van der Waals surface area contributed by atoms with Crippen molar-refractivity contribution in [3.8, 4) is 11.8 Å². The number of hydrogen-bond acceptors (Lipinski definition) is 5. The number of nitriles is 1. The molecule has 0 aromatic heterocycles. The van der Waals surface area contributed by atoms with Gasteiger partial charge in [0.2, 0.25) is 5.90 Å². The van der Waals surface area contributed by atoms with Crippen molar-refractivity contribution in [3.63, 3.8) is 0 Å². The molecule has 2 aliphatic rings. The van der Waals surface area contributed by atoms with Gasteiger partial charge in [0.25, 0.3) is 0 Å². The smallest absolute Gasteiger partial charge is 0.220 e. The van der Waals surface area contributed by atoms with Gasteiger partial charge in [-0.2, -0.15) is 5.26 Å². The fourth-order valence-electron chi connectivity index (χ4n) is 2.78. The molecule has 3 rings (SSSR count). The van der Waals surface area contributed by atoms with E-state index in [0.717, 1.165) is 25.9 Å². The van der Waals surface area contributed by atoms with Crippen LogP contribution in [0.25, 0.3) is 0 Å². The van der Waals surface area contributed by atoms with Crippen molar-refractivity contribution in [3.05, 3.63) is 29.3 Å². The highest BCUT2D eigenvalue weighted by molar-refractivity contribution is 5.98. The number of hydrogen-bond donors (Lipinski definition) is 2. The number of ether oxygens (including phenoxy) is 1. The molecule has 2 aliphatic heterocycles. The molecule has 1 atom stereocenters. The number of aliphatic imine (C=N–C) groups is 1. The highest BCUT2D eigenvalue weighted by Crippen LogP contribution is 2.27. The summed E-state index contributed by atoms with van der Waals surface area (Å²) in [5.74, 6) is 1.08. The van der Waals surface area contributed by atoms with Gasteiger partial charge in [0.1, 0.15) is 11.9 Å². The molecule has 20 heavy (non-hydrogen) atoms. The average molecular weight is 271 g/mol. The third kappa shape index (κ3) is 2.47. The summed E-state index contributed by atoms with van der Waals surface area (Å²) in [5.41, 5.74) is 1.01. The lowest BCUT2D eigenvalue weighted by molar-refractivity contribution is 0.128. The molecule has 2 N–H and O–H groups in total. The molecule has 5 nitrogen and oxygen atoms in total. The van der Waals surface area contributed by atoms with Crippen LogP contribution in [0.4, 0.5) is 0 Å². The molecular weight excluding hydrogens is 254 g/mol. The lowest BCUT2D eigenvalue weighted by Gasteiger charge is -2.27. The summed E-state index contributed by atoms with van der Waals surface area (Å²) < 4.78 is 5.92. The molecule has 0 radical (unpaired) electrons. The Morgan fingerprint density at radius 1 is 1.35 bits per heavy atom. The zero-order valence-electron chi connectivity index (χ0n) is 11.2. The normalized spacial score (nSPS) is 22.9. The highest BCUT2D eigenvalue weighted by Gasteiger charge is 2.31. The first kappa shape index (κ1) is 12.9. The SMILES string of the molecule is N#Cc1ccc(O)c(C2=NCC(C3CCNCC3)O2)c1. The van der Waals surface area contributed by atoms with Gasteiger partial charge in [-0.15, -0.1) is 0 Å². The lowest BCUT2D eigenvalue weighted by atomic mass is 9.92. The van der Waals surface area contributed by atoms with E-state index in [0.29, 0.717) is 29.5 Å². The Balaban J connectivity index is 1.75. The van der Waals surface area contributed by atoms with Gasteiger partial charge in [-0.3, -0.25) is 0 Å². The molecule has 0 amide bonds. The quantitative estimate of drug-likeness (QED) is 0.852. The van der Waals surface area contributed by atoms with E-state index in [-0.39, 0.29) is 11.9 Å². The first-order valence-corrected chi connectivity index (χ1v) is 6.93. The molecule has 1 saturated heterocycles. The van der Waals surface area contributed by atoms with Gasteiger partial charge in [-0.05, 0) is 44.1 Å². The summed E-state index contributed by atoms with van der Waals surface area (Å²) in [6, 6.07) is 6.78. The molecule has 1 unspecified atom stereocenters. The first-order valence-electron chi connectivity index (χ1n) is 6.93. The van der Waals surface area contributed by atoms with Crippen LogP contribution in [0.15, 0.2) is 23.2 Å². The van der Waals surface area contributed by atoms with Gasteiger partial charge in [-0.1, -0.05) is 0 Å². The predicted octanol–water partition coefficient (Wildman–Crippen LogP) is 1.41. The predicted molar refractivity (Wildman–Crippen MR) is 74.7 cm³/mol. The van der Waals surface area contributed by atoms with Gasteiger partial charge in [-0.25, -0.2) is 4.99 Å². The van der Waals surface area contributed by atoms with Crippen molar-refractivity contribution >= 4 is 5.90 Å². The van der Waals surface area contributed by atoms with Crippen LogP contribution in [-0.4, -0.2) is 36.7 Å². The maximum atomic E-state index is 9.91. The van der Waals surface area contributed by atoms with E-state index in [2.05, 4.69) is 16.4 Å². The van der Waals surface area contributed by atoms with Gasteiger partial charge in [0.05, 0.1) is 23.7 Å². The third-order valence-electron chi connectivity index (χ3n) is 3.94. The summed E-state index contributed by atoms with van der Waals surface area (Å²) in [5, 5.41) is 22.2. The van der Waals surface area contributed by atoms with Crippen LogP contribution in [0.2, 0.25) is 0 Å². The number of phenolic OH excluding ortho intramolecular Hbond substituents is 1. The van der Waals surface area contributed by atoms with Crippen molar-refractivity contribution in [1.29, 1.82) is 5.26 Å². The Morgan fingerprint density at radius 2 is 2.15 bits per heavy atom. The molecule has 1 aromatic carbocycles. The number of nitrogens with zero attached hydrogens (tertiary/aromatic N) is 2. The molecule has 1 fully saturated rings. The Bertz CT molecular complexity index is 571. The Kier molecular flexibility index (Phi) is 3.57. The van der Waals surface area contributed by atoms with Crippen LogP contribution in [0, 0.1) is 17.2 Å². The zero-order chi connectivity index (χ0) is 13.9. The summed E-state index contributed by atoms with van der Waals surface area (Å²) >= 11 is 0. The molecule has 1 aromatic rings. The molecular formula is C15H17N3O2. The van der Waals surface area contributed by atoms with E-state index in [9.17, 15) is 5.11 Å².